The largest absolute Gasteiger partial charge is 0.489 e. The van der Waals surface area contributed by atoms with Crippen molar-refractivity contribution in [3.8, 4) is 22.3 Å². The van der Waals surface area contributed by atoms with E-state index in [-0.39, 0.29) is 5.41 Å². The highest BCUT2D eigenvalue weighted by molar-refractivity contribution is 6.62. The minimum absolute atomic E-state index is 0.219. The van der Waals surface area contributed by atoms with Crippen molar-refractivity contribution in [1.29, 1.82) is 0 Å². The van der Waals surface area contributed by atoms with E-state index in [4.69, 9.17) is 0 Å². The molecule has 2 N–H and O–H groups in total. The third kappa shape index (κ3) is 2.37. The van der Waals surface area contributed by atoms with Crippen LogP contribution in [-0.2, 0) is 5.41 Å². The molecule has 1 aliphatic rings. The summed E-state index contributed by atoms with van der Waals surface area (Å²) < 4.78 is 0. The fourth-order valence-electron chi connectivity index (χ4n) is 4.63. The molecular formula is C25H21BO2. The van der Waals surface area contributed by atoms with Gasteiger partial charge in [0, 0.05) is 5.41 Å². The van der Waals surface area contributed by atoms with Crippen LogP contribution in [0.5, 0.6) is 0 Å². The average molecular weight is 364 g/mol. The molecule has 0 bridgehead atoms. The smallest absolute Gasteiger partial charge is 0.423 e. The number of hydrogen-bond donors (Lipinski definition) is 2. The molecule has 0 spiro atoms. The maximum atomic E-state index is 9.99. The molecule has 0 radical (unpaired) electrons. The Morgan fingerprint density at radius 2 is 1.36 bits per heavy atom. The van der Waals surface area contributed by atoms with Crippen LogP contribution >= 0.6 is 0 Å². The highest BCUT2D eigenvalue weighted by atomic mass is 16.4. The summed E-state index contributed by atoms with van der Waals surface area (Å²) in [5.41, 5.74) is 7.62. The van der Waals surface area contributed by atoms with Crippen molar-refractivity contribution in [2.75, 3.05) is 0 Å². The minimum Gasteiger partial charge on any atom is -0.423 e. The second-order valence-corrected chi connectivity index (χ2v) is 8.06. The Morgan fingerprint density at radius 3 is 2.07 bits per heavy atom. The maximum Gasteiger partial charge on any atom is 0.489 e. The van der Waals surface area contributed by atoms with E-state index in [2.05, 4.69) is 62.4 Å². The topological polar surface area (TPSA) is 40.5 Å². The predicted octanol–water partition coefficient (Wildman–Crippen LogP) is 4.49. The molecule has 28 heavy (non-hydrogen) atoms. The Hall–Kier alpha value is -2.88. The van der Waals surface area contributed by atoms with Gasteiger partial charge in [-0.05, 0) is 55.7 Å². The molecule has 0 aliphatic heterocycles. The number of benzene rings is 4. The van der Waals surface area contributed by atoms with Crippen molar-refractivity contribution in [2.45, 2.75) is 19.3 Å². The number of fused-ring (bicyclic) bond motifs is 5. The third-order valence-electron chi connectivity index (χ3n) is 6.10. The van der Waals surface area contributed by atoms with Crippen LogP contribution in [0.1, 0.15) is 25.0 Å². The molecule has 0 atom stereocenters. The first-order chi connectivity index (χ1) is 13.5. The molecule has 0 amide bonds. The van der Waals surface area contributed by atoms with Crippen molar-refractivity contribution in [3.05, 3.63) is 90.0 Å². The van der Waals surface area contributed by atoms with Crippen LogP contribution < -0.4 is 5.46 Å². The van der Waals surface area contributed by atoms with Crippen molar-refractivity contribution < 1.29 is 10.0 Å². The Bertz CT molecular complexity index is 1210. The zero-order valence-electron chi connectivity index (χ0n) is 16.0. The molecule has 2 nitrogen and oxygen atoms in total. The Kier molecular flexibility index (Phi) is 3.73. The molecule has 3 heteroatoms. The first-order valence-electron chi connectivity index (χ1n) is 9.61. The van der Waals surface area contributed by atoms with Crippen molar-refractivity contribution in [3.63, 3.8) is 0 Å². The van der Waals surface area contributed by atoms with Crippen molar-refractivity contribution in [1.82, 2.24) is 0 Å². The lowest BCUT2D eigenvalue weighted by atomic mass is 9.72. The van der Waals surface area contributed by atoms with Gasteiger partial charge in [0.2, 0.25) is 0 Å². The summed E-state index contributed by atoms with van der Waals surface area (Å²) >= 11 is 0. The monoisotopic (exact) mass is 364 g/mol. The van der Waals surface area contributed by atoms with Gasteiger partial charge < -0.3 is 10.0 Å². The second-order valence-electron chi connectivity index (χ2n) is 8.06. The van der Waals surface area contributed by atoms with E-state index >= 15 is 0 Å². The van der Waals surface area contributed by atoms with E-state index < -0.39 is 7.12 Å². The molecule has 136 valence electrons. The Balaban J connectivity index is 1.82. The summed E-state index contributed by atoms with van der Waals surface area (Å²) in [6.07, 6.45) is 0. The molecule has 0 fully saturated rings. The molecule has 0 heterocycles. The van der Waals surface area contributed by atoms with E-state index in [0.717, 1.165) is 16.3 Å². The van der Waals surface area contributed by atoms with E-state index in [1.165, 1.54) is 27.8 Å². The van der Waals surface area contributed by atoms with Crippen molar-refractivity contribution in [2.24, 2.45) is 0 Å². The van der Waals surface area contributed by atoms with Crippen LogP contribution in [0, 0.1) is 0 Å². The van der Waals surface area contributed by atoms with E-state index in [0.29, 0.717) is 5.46 Å². The Labute approximate surface area is 165 Å². The summed E-state index contributed by atoms with van der Waals surface area (Å²) in [6, 6.07) is 27.1. The van der Waals surface area contributed by atoms with Gasteiger partial charge in [0.15, 0.2) is 0 Å². The third-order valence-corrected chi connectivity index (χ3v) is 6.10. The molecular weight excluding hydrogens is 343 g/mol. The zero-order valence-corrected chi connectivity index (χ0v) is 16.0. The molecule has 0 saturated carbocycles. The maximum absolute atomic E-state index is 9.99. The van der Waals surface area contributed by atoms with Gasteiger partial charge >= 0.3 is 7.12 Å². The lowest BCUT2D eigenvalue weighted by Crippen LogP contribution is -2.32. The summed E-state index contributed by atoms with van der Waals surface area (Å²) in [6.45, 7) is 4.43. The van der Waals surface area contributed by atoms with Crippen LogP contribution in [0.15, 0.2) is 78.9 Å². The molecule has 0 aromatic heterocycles. The van der Waals surface area contributed by atoms with Crippen LogP contribution in [-0.4, -0.2) is 17.2 Å². The van der Waals surface area contributed by atoms with Gasteiger partial charge in [0.1, 0.15) is 0 Å². The quantitative estimate of drug-likeness (QED) is 0.515. The number of hydrogen-bond acceptors (Lipinski definition) is 2. The van der Waals surface area contributed by atoms with Crippen LogP contribution in [0.3, 0.4) is 0 Å². The van der Waals surface area contributed by atoms with Gasteiger partial charge in [-0.15, -0.1) is 0 Å². The van der Waals surface area contributed by atoms with E-state index in [1.807, 2.05) is 30.3 Å². The van der Waals surface area contributed by atoms with Gasteiger partial charge in [0.25, 0.3) is 0 Å². The van der Waals surface area contributed by atoms with Crippen molar-refractivity contribution >= 4 is 23.4 Å². The van der Waals surface area contributed by atoms with Gasteiger partial charge in [-0.1, -0.05) is 86.6 Å². The average Bonchev–Trinajstić information content (AvgIpc) is 2.95. The number of rotatable bonds is 2. The van der Waals surface area contributed by atoms with E-state index in [9.17, 15) is 10.0 Å². The van der Waals surface area contributed by atoms with Gasteiger partial charge in [-0.3, -0.25) is 0 Å². The van der Waals surface area contributed by atoms with Gasteiger partial charge in [0.05, 0.1) is 0 Å². The molecule has 4 aromatic carbocycles. The summed E-state index contributed by atoms with van der Waals surface area (Å²) in [5.74, 6) is 0. The molecule has 0 saturated heterocycles. The fourth-order valence-corrected chi connectivity index (χ4v) is 4.63. The molecule has 4 aromatic rings. The normalized spacial score (nSPS) is 14.0. The van der Waals surface area contributed by atoms with Crippen LogP contribution in [0.2, 0.25) is 0 Å². The molecule has 1 aliphatic carbocycles. The summed E-state index contributed by atoms with van der Waals surface area (Å²) in [5, 5.41) is 21.9. The lowest BCUT2D eigenvalue weighted by molar-refractivity contribution is 0.426. The Morgan fingerprint density at radius 1 is 0.679 bits per heavy atom. The fraction of sp³-hybridized carbons (Fsp3) is 0.120. The summed E-state index contributed by atoms with van der Waals surface area (Å²) in [4.78, 5) is 0. The first-order valence-corrected chi connectivity index (χ1v) is 9.61. The lowest BCUT2D eigenvalue weighted by Gasteiger charge is -2.23. The predicted molar refractivity (Wildman–Crippen MR) is 117 cm³/mol. The standard InChI is InChI=1S/C25H21BO2/c1-25(2)21-14-17(16-8-4-3-5-9-16)12-13-20(21)24-19-11-7-6-10-18(19)23(26(27)28)15-22(24)25/h3-15,27-28H,1-2H3. The van der Waals surface area contributed by atoms with Gasteiger partial charge in [-0.2, -0.15) is 0 Å². The van der Waals surface area contributed by atoms with Crippen LogP contribution in [0.4, 0.5) is 0 Å². The SMILES string of the molecule is CC1(C)c2cc(-c3ccccc3)ccc2-c2c1cc(B(O)O)c1ccccc21. The zero-order chi connectivity index (χ0) is 19.5. The first kappa shape index (κ1) is 17.2. The van der Waals surface area contributed by atoms with Crippen LogP contribution in [0.25, 0.3) is 33.0 Å². The molecule has 5 rings (SSSR count). The van der Waals surface area contributed by atoms with Gasteiger partial charge in [-0.25, -0.2) is 0 Å². The second kappa shape index (κ2) is 6.06. The van der Waals surface area contributed by atoms with E-state index in [1.54, 1.807) is 0 Å². The highest BCUT2D eigenvalue weighted by Crippen LogP contribution is 2.51. The minimum atomic E-state index is -1.49. The highest BCUT2D eigenvalue weighted by Gasteiger charge is 2.38. The summed E-state index contributed by atoms with van der Waals surface area (Å²) in [7, 11) is -1.49. The molecule has 0 unspecified atom stereocenters.